The molecule has 4 rings (SSSR count). The van der Waals surface area contributed by atoms with Crippen molar-refractivity contribution < 1.29 is 14.4 Å². The molecule has 162 valence electrons. The predicted molar refractivity (Wildman–Crippen MR) is 119 cm³/mol. The first-order chi connectivity index (χ1) is 14.9. The molecule has 6 heteroatoms. The van der Waals surface area contributed by atoms with Crippen LogP contribution in [-0.4, -0.2) is 27.3 Å². The normalized spacial score (nSPS) is 18.2. The first-order valence-electron chi connectivity index (χ1n) is 10.9. The van der Waals surface area contributed by atoms with Crippen LogP contribution in [0.15, 0.2) is 47.0 Å². The maximum Gasteiger partial charge on any atom is 0.306 e. The molecule has 0 unspecified atom stereocenters. The van der Waals surface area contributed by atoms with Crippen LogP contribution in [0.4, 0.5) is 0 Å². The molecular weight excluding hydrogens is 390 g/mol. The molecule has 0 bridgehead atoms. The highest BCUT2D eigenvalue weighted by atomic mass is 16.5. The highest BCUT2D eigenvalue weighted by Crippen LogP contribution is 2.29. The lowest BCUT2D eigenvalue weighted by molar-refractivity contribution is -0.145. The summed E-state index contributed by atoms with van der Waals surface area (Å²) < 4.78 is 5.52. The molecule has 1 aliphatic rings. The van der Waals surface area contributed by atoms with Crippen LogP contribution in [0.2, 0.25) is 0 Å². The van der Waals surface area contributed by atoms with Crippen molar-refractivity contribution in [2.45, 2.75) is 52.6 Å². The summed E-state index contributed by atoms with van der Waals surface area (Å²) in [7, 11) is 0. The molecule has 0 atom stereocenters. The number of benzene rings is 2. The molecule has 0 radical (unpaired) electrons. The van der Waals surface area contributed by atoms with E-state index in [0.717, 1.165) is 35.2 Å². The average Bonchev–Trinajstić information content (AvgIpc) is 3.16. The molecule has 0 aliphatic heterocycles. The van der Waals surface area contributed by atoms with Gasteiger partial charge in [-0.3, -0.25) is 4.79 Å². The minimum absolute atomic E-state index is 0.194. The number of carbonyl (C=O) groups is 1. The van der Waals surface area contributed by atoms with Gasteiger partial charge >= 0.3 is 5.97 Å². The summed E-state index contributed by atoms with van der Waals surface area (Å²) in [6, 6.07) is 14.8. The SMILES string of the molecule is Cc1cc(CNC2CC(C(=O)O)C2)ccc1-c1noc(-c2ccc(CC(C)C)cc2)n1. The number of rotatable bonds is 8. The quantitative estimate of drug-likeness (QED) is 0.542. The van der Waals surface area contributed by atoms with Gasteiger partial charge in [0.1, 0.15) is 0 Å². The third-order valence-corrected chi connectivity index (χ3v) is 5.88. The molecule has 1 fully saturated rings. The Morgan fingerprint density at radius 3 is 2.52 bits per heavy atom. The number of hydrogen-bond donors (Lipinski definition) is 2. The van der Waals surface area contributed by atoms with Gasteiger partial charge in [0.25, 0.3) is 5.89 Å². The van der Waals surface area contributed by atoms with Crippen LogP contribution >= 0.6 is 0 Å². The molecule has 2 aromatic carbocycles. The van der Waals surface area contributed by atoms with Crippen molar-refractivity contribution in [2.75, 3.05) is 0 Å². The van der Waals surface area contributed by atoms with Crippen molar-refractivity contribution in [1.82, 2.24) is 15.5 Å². The third kappa shape index (κ3) is 5.02. The van der Waals surface area contributed by atoms with Gasteiger partial charge in [0.2, 0.25) is 5.82 Å². The minimum Gasteiger partial charge on any atom is -0.481 e. The van der Waals surface area contributed by atoms with Crippen molar-refractivity contribution in [3.8, 4) is 22.8 Å². The Bertz CT molecular complexity index is 1050. The predicted octanol–water partition coefficient (Wildman–Crippen LogP) is 4.86. The monoisotopic (exact) mass is 419 g/mol. The van der Waals surface area contributed by atoms with E-state index in [0.29, 0.717) is 30.5 Å². The molecule has 31 heavy (non-hydrogen) atoms. The van der Waals surface area contributed by atoms with Crippen molar-refractivity contribution in [3.63, 3.8) is 0 Å². The van der Waals surface area contributed by atoms with Gasteiger partial charge in [-0.25, -0.2) is 0 Å². The maximum atomic E-state index is 10.9. The molecule has 1 aliphatic carbocycles. The fourth-order valence-electron chi connectivity index (χ4n) is 4.04. The van der Waals surface area contributed by atoms with Crippen molar-refractivity contribution in [1.29, 1.82) is 0 Å². The lowest BCUT2D eigenvalue weighted by Gasteiger charge is -2.33. The van der Waals surface area contributed by atoms with Crippen LogP contribution in [0.5, 0.6) is 0 Å². The van der Waals surface area contributed by atoms with Gasteiger partial charge in [-0.05, 0) is 60.9 Å². The highest BCUT2D eigenvalue weighted by molar-refractivity contribution is 5.71. The summed E-state index contributed by atoms with van der Waals surface area (Å²) in [5, 5.41) is 16.6. The molecule has 1 heterocycles. The zero-order chi connectivity index (χ0) is 22.0. The van der Waals surface area contributed by atoms with Crippen LogP contribution in [0.25, 0.3) is 22.8 Å². The largest absolute Gasteiger partial charge is 0.481 e. The fraction of sp³-hybridized carbons (Fsp3) is 0.400. The lowest BCUT2D eigenvalue weighted by atomic mass is 9.80. The van der Waals surface area contributed by atoms with Crippen molar-refractivity contribution >= 4 is 5.97 Å². The van der Waals surface area contributed by atoms with E-state index in [1.165, 1.54) is 5.56 Å². The second-order valence-corrected chi connectivity index (χ2v) is 8.95. The van der Waals surface area contributed by atoms with Gasteiger partial charge in [-0.1, -0.05) is 49.3 Å². The molecule has 1 saturated carbocycles. The second-order valence-electron chi connectivity index (χ2n) is 8.95. The van der Waals surface area contributed by atoms with Gasteiger partial charge in [0, 0.05) is 23.7 Å². The Hall–Kier alpha value is -2.99. The van der Waals surface area contributed by atoms with Gasteiger partial charge in [-0.15, -0.1) is 0 Å². The summed E-state index contributed by atoms with van der Waals surface area (Å²) in [4.78, 5) is 15.5. The first-order valence-corrected chi connectivity index (χ1v) is 10.9. The number of nitrogens with one attached hydrogen (secondary N) is 1. The topological polar surface area (TPSA) is 88.2 Å². The number of carboxylic acids is 1. The Morgan fingerprint density at radius 1 is 1.16 bits per heavy atom. The van der Waals surface area contributed by atoms with Crippen LogP contribution in [0.1, 0.15) is 43.4 Å². The van der Waals surface area contributed by atoms with Crippen LogP contribution < -0.4 is 5.32 Å². The average molecular weight is 420 g/mol. The minimum atomic E-state index is -0.691. The first kappa shape index (κ1) is 21.2. The number of aryl methyl sites for hydroxylation is 1. The highest BCUT2D eigenvalue weighted by Gasteiger charge is 2.33. The van der Waals surface area contributed by atoms with Gasteiger partial charge in [0.15, 0.2) is 0 Å². The molecule has 3 aromatic rings. The zero-order valence-corrected chi connectivity index (χ0v) is 18.3. The standard InChI is InChI=1S/C25H29N3O3/c1-15(2)10-17-4-7-19(8-5-17)24-27-23(28-31-24)22-9-6-18(11-16(22)3)14-26-21-12-20(13-21)25(29)30/h4-9,11,15,20-21,26H,10,12-14H2,1-3H3,(H,29,30). The number of hydrogen-bond acceptors (Lipinski definition) is 5. The summed E-state index contributed by atoms with van der Waals surface area (Å²) in [5.41, 5.74) is 5.41. The third-order valence-electron chi connectivity index (χ3n) is 5.88. The Morgan fingerprint density at radius 2 is 1.87 bits per heavy atom. The number of aromatic nitrogens is 2. The van der Waals surface area contributed by atoms with Gasteiger partial charge in [-0.2, -0.15) is 4.98 Å². The maximum absolute atomic E-state index is 10.9. The smallest absolute Gasteiger partial charge is 0.306 e. The van der Waals surface area contributed by atoms with E-state index in [2.05, 4.69) is 53.6 Å². The van der Waals surface area contributed by atoms with Crippen LogP contribution in [0.3, 0.4) is 0 Å². The summed E-state index contributed by atoms with van der Waals surface area (Å²) in [6.07, 6.45) is 2.46. The second kappa shape index (κ2) is 9.02. The number of nitrogens with zero attached hydrogens (tertiary/aromatic N) is 2. The van der Waals surface area contributed by atoms with E-state index >= 15 is 0 Å². The molecule has 1 aromatic heterocycles. The summed E-state index contributed by atoms with van der Waals surface area (Å²) in [6.45, 7) is 7.19. The molecular formula is C25H29N3O3. The Labute approximate surface area is 182 Å². The zero-order valence-electron chi connectivity index (χ0n) is 18.3. The van der Waals surface area contributed by atoms with Crippen molar-refractivity contribution in [3.05, 3.63) is 59.2 Å². The molecule has 0 spiro atoms. The van der Waals surface area contributed by atoms with E-state index in [1.807, 2.05) is 25.1 Å². The van der Waals surface area contributed by atoms with E-state index in [1.54, 1.807) is 0 Å². The van der Waals surface area contributed by atoms with Crippen molar-refractivity contribution in [2.24, 2.45) is 11.8 Å². The number of carboxylic acid groups (broad SMARTS) is 1. The Balaban J connectivity index is 1.40. The van der Waals surface area contributed by atoms with E-state index < -0.39 is 5.97 Å². The van der Waals surface area contributed by atoms with Gasteiger partial charge < -0.3 is 14.9 Å². The molecule has 0 amide bonds. The summed E-state index contributed by atoms with van der Waals surface area (Å²) in [5.74, 6) is 0.845. The lowest BCUT2D eigenvalue weighted by Crippen LogP contribution is -2.43. The molecule has 0 saturated heterocycles. The van der Waals surface area contributed by atoms with Gasteiger partial charge in [0.05, 0.1) is 5.92 Å². The van der Waals surface area contributed by atoms with E-state index in [9.17, 15) is 4.79 Å². The van der Waals surface area contributed by atoms with Crippen LogP contribution in [-0.2, 0) is 17.8 Å². The fourth-order valence-corrected chi connectivity index (χ4v) is 4.04. The Kier molecular flexibility index (Phi) is 6.18. The summed E-state index contributed by atoms with van der Waals surface area (Å²) >= 11 is 0. The van der Waals surface area contributed by atoms with E-state index in [4.69, 9.17) is 9.63 Å². The number of aliphatic carboxylic acids is 1. The van der Waals surface area contributed by atoms with Crippen LogP contribution in [0, 0.1) is 18.8 Å². The molecule has 6 nitrogen and oxygen atoms in total. The van der Waals surface area contributed by atoms with E-state index in [-0.39, 0.29) is 12.0 Å². The molecule has 2 N–H and O–H groups in total.